The fourth-order valence-electron chi connectivity index (χ4n) is 2.99. The van der Waals surface area contributed by atoms with Gasteiger partial charge in [0, 0.05) is 12.1 Å². The minimum atomic E-state index is 0.164. The van der Waals surface area contributed by atoms with Crippen molar-refractivity contribution in [2.75, 3.05) is 6.61 Å². The van der Waals surface area contributed by atoms with Gasteiger partial charge in [0.15, 0.2) is 0 Å². The van der Waals surface area contributed by atoms with Crippen LogP contribution < -0.4 is 5.32 Å². The molecule has 2 rings (SSSR count). The van der Waals surface area contributed by atoms with Gasteiger partial charge in [-0.05, 0) is 31.2 Å². The van der Waals surface area contributed by atoms with Crippen LogP contribution in [0.5, 0.6) is 0 Å². The molecule has 0 saturated heterocycles. The average molecular weight is 247 g/mol. The third-order valence-corrected chi connectivity index (χ3v) is 4.02. The molecule has 2 nitrogen and oxygen atoms in total. The summed E-state index contributed by atoms with van der Waals surface area (Å²) in [5.41, 5.74) is 1.37. The summed E-state index contributed by atoms with van der Waals surface area (Å²) in [6.07, 6.45) is 6.70. The lowest BCUT2D eigenvalue weighted by atomic mass is 9.81. The maximum atomic E-state index is 9.27. The fraction of sp³-hybridized carbons (Fsp3) is 0.625. The van der Waals surface area contributed by atoms with Crippen molar-refractivity contribution in [3.05, 3.63) is 35.9 Å². The standard InChI is InChI=1S/C16H25NO/c1-13(12-18)17-16(14-8-4-2-5-9-14)15-10-6-3-7-11-15/h2,4-5,8-9,13,15-18H,3,6-7,10-12H2,1H3. The second-order valence-corrected chi connectivity index (χ2v) is 5.54. The van der Waals surface area contributed by atoms with Crippen LogP contribution in [0.1, 0.15) is 50.6 Å². The number of rotatable bonds is 5. The van der Waals surface area contributed by atoms with E-state index in [-0.39, 0.29) is 12.6 Å². The van der Waals surface area contributed by atoms with Gasteiger partial charge in [-0.3, -0.25) is 0 Å². The van der Waals surface area contributed by atoms with E-state index in [0.29, 0.717) is 6.04 Å². The van der Waals surface area contributed by atoms with Crippen LogP contribution in [0.4, 0.5) is 0 Å². The SMILES string of the molecule is CC(CO)NC(c1ccccc1)C1CCCCC1. The van der Waals surface area contributed by atoms with Crippen molar-refractivity contribution >= 4 is 0 Å². The molecule has 1 aliphatic rings. The highest BCUT2D eigenvalue weighted by Crippen LogP contribution is 2.34. The van der Waals surface area contributed by atoms with Crippen molar-refractivity contribution in [2.24, 2.45) is 5.92 Å². The summed E-state index contributed by atoms with van der Waals surface area (Å²) >= 11 is 0. The number of aliphatic hydroxyl groups is 1. The Morgan fingerprint density at radius 2 is 1.83 bits per heavy atom. The van der Waals surface area contributed by atoms with E-state index in [2.05, 4.69) is 42.6 Å². The average Bonchev–Trinajstić information content (AvgIpc) is 2.46. The Kier molecular flexibility index (Phi) is 5.21. The van der Waals surface area contributed by atoms with Gasteiger partial charge in [-0.25, -0.2) is 0 Å². The normalized spacial score (nSPS) is 20.6. The van der Waals surface area contributed by atoms with Crippen LogP contribution >= 0.6 is 0 Å². The second kappa shape index (κ2) is 6.91. The smallest absolute Gasteiger partial charge is 0.0582 e. The summed E-state index contributed by atoms with van der Waals surface area (Å²) < 4.78 is 0. The minimum absolute atomic E-state index is 0.164. The van der Waals surface area contributed by atoms with Gasteiger partial charge in [0.2, 0.25) is 0 Å². The molecule has 2 heteroatoms. The van der Waals surface area contributed by atoms with Crippen molar-refractivity contribution in [3.63, 3.8) is 0 Å². The molecular formula is C16H25NO. The van der Waals surface area contributed by atoms with Gasteiger partial charge in [-0.15, -0.1) is 0 Å². The zero-order valence-corrected chi connectivity index (χ0v) is 11.3. The first kappa shape index (κ1) is 13.6. The van der Waals surface area contributed by atoms with Crippen LogP contribution in [-0.2, 0) is 0 Å². The van der Waals surface area contributed by atoms with Gasteiger partial charge in [0.1, 0.15) is 0 Å². The number of hydrogen-bond donors (Lipinski definition) is 2. The van der Waals surface area contributed by atoms with Gasteiger partial charge < -0.3 is 10.4 Å². The Morgan fingerprint density at radius 1 is 1.17 bits per heavy atom. The summed E-state index contributed by atoms with van der Waals surface area (Å²) in [5.74, 6) is 0.718. The van der Waals surface area contributed by atoms with E-state index in [1.54, 1.807) is 0 Å². The predicted octanol–water partition coefficient (Wildman–Crippen LogP) is 3.28. The Hall–Kier alpha value is -0.860. The highest BCUT2D eigenvalue weighted by Gasteiger charge is 2.25. The fourth-order valence-corrected chi connectivity index (χ4v) is 2.99. The zero-order chi connectivity index (χ0) is 12.8. The quantitative estimate of drug-likeness (QED) is 0.837. The predicted molar refractivity (Wildman–Crippen MR) is 75.4 cm³/mol. The van der Waals surface area contributed by atoms with E-state index in [0.717, 1.165) is 5.92 Å². The highest BCUT2D eigenvalue weighted by molar-refractivity contribution is 5.20. The minimum Gasteiger partial charge on any atom is -0.395 e. The molecule has 2 N–H and O–H groups in total. The molecular weight excluding hydrogens is 222 g/mol. The molecule has 0 aliphatic heterocycles. The first-order valence-electron chi connectivity index (χ1n) is 7.23. The van der Waals surface area contributed by atoms with Crippen LogP contribution in [-0.4, -0.2) is 17.8 Å². The molecule has 1 aliphatic carbocycles. The summed E-state index contributed by atoms with van der Waals surface area (Å²) in [6, 6.07) is 11.3. The molecule has 1 saturated carbocycles. The van der Waals surface area contributed by atoms with Crippen molar-refractivity contribution in [1.29, 1.82) is 0 Å². The molecule has 18 heavy (non-hydrogen) atoms. The number of aliphatic hydroxyl groups excluding tert-OH is 1. The molecule has 1 aromatic rings. The number of nitrogens with one attached hydrogen (secondary N) is 1. The molecule has 0 radical (unpaired) electrons. The lowest BCUT2D eigenvalue weighted by Crippen LogP contribution is -2.37. The number of hydrogen-bond acceptors (Lipinski definition) is 2. The topological polar surface area (TPSA) is 32.3 Å². The van der Waals surface area contributed by atoms with Crippen molar-refractivity contribution in [2.45, 2.75) is 51.1 Å². The zero-order valence-electron chi connectivity index (χ0n) is 11.3. The lowest BCUT2D eigenvalue weighted by molar-refractivity contribution is 0.204. The molecule has 1 fully saturated rings. The van der Waals surface area contributed by atoms with Crippen LogP contribution in [0.2, 0.25) is 0 Å². The van der Waals surface area contributed by atoms with E-state index < -0.39 is 0 Å². The summed E-state index contributed by atoms with van der Waals surface area (Å²) in [4.78, 5) is 0. The first-order valence-corrected chi connectivity index (χ1v) is 7.23. The van der Waals surface area contributed by atoms with Crippen LogP contribution in [0, 0.1) is 5.92 Å². The molecule has 2 atom stereocenters. The summed E-state index contributed by atoms with van der Waals surface area (Å²) in [5, 5.41) is 12.9. The van der Waals surface area contributed by atoms with Gasteiger partial charge in [-0.1, -0.05) is 49.6 Å². The third-order valence-electron chi connectivity index (χ3n) is 4.02. The first-order chi connectivity index (χ1) is 8.81. The molecule has 0 amide bonds. The molecule has 0 spiro atoms. The maximum absolute atomic E-state index is 9.27. The third kappa shape index (κ3) is 3.56. The molecule has 2 unspecified atom stereocenters. The Morgan fingerprint density at radius 3 is 2.44 bits per heavy atom. The summed E-state index contributed by atoms with van der Waals surface area (Å²) in [6.45, 7) is 2.26. The van der Waals surface area contributed by atoms with Crippen molar-refractivity contribution < 1.29 is 5.11 Å². The van der Waals surface area contributed by atoms with E-state index in [1.165, 1.54) is 37.7 Å². The second-order valence-electron chi connectivity index (χ2n) is 5.54. The van der Waals surface area contributed by atoms with E-state index in [9.17, 15) is 5.11 Å². The molecule has 0 heterocycles. The van der Waals surface area contributed by atoms with Crippen LogP contribution in [0.15, 0.2) is 30.3 Å². The highest BCUT2D eigenvalue weighted by atomic mass is 16.3. The van der Waals surface area contributed by atoms with Gasteiger partial charge >= 0.3 is 0 Å². The number of benzene rings is 1. The van der Waals surface area contributed by atoms with Gasteiger partial charge in [-0.2, -0.15) is 0 Å². The van der Waals surface area contributed by atoms with E-state index in [4.69, 9.17) is 0 Å². The largest absolute Gasteiger partial charge is 0.395 e. The molecule has 0 bridgehead atoms. The van der Waals surface area contributed by atoms with Crippen LogP contribution in [0.3, 0.4) is 0 Å². The van der Waals surface area contributed by atoms with Crippen molar-refractivity contribution in [3.8, 4) is 0 Å². The van der Waals surface area contributed by atoms with E-state index >= 15 is 0 Å². The molecule has 1 aromatic carbocycles. The lowest BCUT2D eigenvalue weighted by Gasteiger charge is -2.33. The monoisotopic (exact) mass is 247 g/mol. The van der Waals surface area contributed by atoms with Crippen LogP contribution in [0.25, 0.3) is 0 Å². The van der Waals surface area contributed by atoms with Gasteiger partial charge in [0.25, 0.3) is 0 Å². The Balaban J connectivity index is 2.11. The summed E-state index contributed by atoms with van der Waals surface area (Å²) in [7, 11) is 0. The Bertz CT molecular complexity index is 332. The van der Waals surface area contributed by atoms with E-state index in [1.807, 2.05) is 0 Å². The Labute approximate surface area is 110 Å². The van der Waals surface area contributed by atoms with Gasteiger partial charge in [0.05, 0.1) is 6.61 Å². The van der Waals surface area contributed by atoms with Crippen molar-refractivity contribution in [1.82, 2.24) is 5.32 Å². The molecule has 100 valence electrons. The maximum Gasteiger partial charge on any atom is 0.0582 e. The molecule has 0 aromatic heterocycles.